The number of hydrogen-bond acceptors (Lipinski definition) is 3. The molecule has 3 unspecified atom stereocenters. The van der Waals surface area contributed by atoms with E-state index in [1.807, 2.05) is 30.3 Å². The maximum Gasteiger partial charge on any atom is 0.123 e. The quantitative estimate of drug-likeness (QED) is 0.571. The molecule has 1 fully saturated rings. The van der Waals surface area contributed by atoms with E-state index in [-0.39, 0.29) is 23.8 Å². The highest BCUT2D eigenvalue weighted by Crippen LogP contribution is 2.42. The number of aryl methyl sites for hydroxylation is 2. The van der Waals surface area contributed by atoms with Crippen LogP contribution in [0.5, 0.6) is 0 Å². The number of fused-ring (bicyclic) bond motifs is 2. The van der Waals surface area contributed by atoms with Gasteiger partial charge in [0.05, 0.1) is 18.8 Å². The fourth-order valence-corrected chi connectivity index (χ4v) is 5.09. The van der Waals surface area contributed by atoms with Crippen molar-refractivity contribution in [2.24, 2.45) is 0 Å². The zero-order valence-corrected chi connectivity index (χ0v) is 17.9. The Morgan fingerprint density at radius 2 is 1.47 bits per heavy atom. The minimum Gasteiger partial charge on any atom is -0.388 e. The molecule has 166 valence electrons. The average Bonchev–Trinajstić information content (AvgIpc) is 2.95. The highest BCUT2D eigenvalue weighted by molar-refractivity contribution is 5.72. The van der Waals surface area contributed by atoms with Crippen molar-refractivity contribution in [3.05, 3.63) is 95.1 Å². The van der Waals surface area contributed by atoms with Gasteiger partial charge in [-0.2, -0.15) is 0 Å². The van der Waals surface area contributed by atoms with Gasteiger partial charge in [0.1, 0.15) is 17.7 Å². The number of aliphatic hydroxyl groups is 1. The van der Waals surface area contributed by atoms with Crippen LogP contribution in [0.15, 0.2) is 66.7 Å². The Hall–Kier alpha value is -2.76. The first-order valence-corrected chi connectivity index (χ1v) is 11.3. The van der Waals surface area contributed by atoms with Crippen molar-refractivity contribution < 1.29 is 18.6 Å². The largest absolute Gasteiger partial charge is 0.388 e. The summed E-state index contributed by atoms with van der Waals surface area (Å²) in [6.07, 6.45) is 2.69. The second-order valence-electron chi connectivity index (χ2n) is 8.74. The first-order chi connectivity index (χ1) is 15.6. The third kappa shape index (κ3) is 4.15. The summed E-state index contributed by atoms with van der Waals surface area (Å²) >= 11 is 0. The predicted octanol–water partition coefficient (Wildman–Crippen LogP) is 5.70. The normalized spacial score (nSPS) is 22.7. The second-order valence-corrected chi connectivity index (χ2v) is 8.74. The fourth-order valence-electron chi connectivity index (χ4n) is 5.09. The predicted molar refractivity (Wildman–Crippen MR) is 121 cm³/mol. The van der Waals surface area contributed by atoms with Crippen molar-refractivity contribution in [1.29, 1.82) is 0 Å². The smallest absolute Gasteiger partial charge is 0.123 e. The topological polar surface area (TPSA) is 32.7 Å². The minimum absolute atomic E-state index is 0.240. The zero-order valence-electron chi connectivity index (χ0n) is 17.9. The van der Waals surface area contributed by atoms with E-state index in [9.17, 15) is 13.9 Å². The molecule has 0 bridgehead atoms. The lowest BCUT2D eigenvalue weighted by Crippen LogP contribution is -2.50. The van der Waals surface area contributed by atoms with Crippen LogP contribution in [-0.4, -0.2) is 23.4 Å². The van der Waals surface area contributed by atoms with Crippen LogP contribution in [0.2, 0.25) is 0 Å². The van der Waals surface area contributed by atoms with E-state index < -0.39 is 6.10 Å². The molecular weight excluding hydrogens is 408 g/mol. The van der Waals surface area contributed by atoms with Crippen LogP contribution in [0.25, 0.3) is 0 Å². The lowest BCUT2D eigenvalue weighted by Gasteiger charge is -2.43. The monoisotopic (exact) mass is 435 g/mol. The van der Waals surface area contributed by atoms with Gasteiger partial charge in [-0.05, 0) is 85.2 Å². The molecule has 3 aromatic rings. The molecule has 3 nitrogen and oxygen atoms in total. The van der Waals surface area contributed by atoms with Crippen molar-refractivity contribution in [3.8, 4) is 0 Å². The SMILES string of the molecule is OC1C(OCc2ccccc2)CCCC1N1c2ccc(F)cc2CCc2cc(F)ccc21. The van der Waals surface area contributed by atoms with Crippen LogP contribution >= 0.6 is 0 Å². The molecule has 1 aliphatic carbocycles. The van der Waals surface area contributed by atoms with Crippen LogP contribution in [-0.2, 0) is 24.2 Å². The molecule has 3 aromatic carbocycles. The number of halogens is 2. The van der Waals surface area contributed by atoms with Crippen LogP contribution < -0.4 is 4.90 Å². The molecule has 1 N–H and O–H groups in total. The van der Waals surface area contributed by atoms with Gasteiger partial charge in [0.2, 0.25) is 0 Å². The molecule has 1 saturated carbocycles. The van der Waals surface area contributed by atoms with E-state index in [4.69, 9.17) is 4.74 Å². The summed E-state index contributed by atoms with van der Waals surface area (Å²) in [5.41, 5.74) is 4.58. The van der Waals surface area contributed by atoms with Gasteiger partial charge in [-0.1, -0.05) is 30.3 Å². The Bertz CT molecular complexity index is 1030. The zero-order chi connectivity index (χ0) is 22.1. The Morgan fingerprint density at radius 3 is 2.09 bits per heavy atom. The molecule has 0 radical (unpaired) electrons. The van der Waals surface area contributed by atoms with E-state index in [1.54, 1.807) is 24.3 Å². The lowest BCUT2D eigenvalue weighted by atomic mass is 9.87. The number of nitrogens with zero attached hydrogens (tertiary/aromatic N) is 1. The van der Waals surface area contributed by atoms with Gasteiger partial charge in [-0.25, -0.2) is 8.78 Å². The molecule has 1 aliphatic heterocycles. The van der Waals surface area contributed by atoms with Crippen LogP contribution in [0.3, 0.4) is 0 Å². The summed E-state index contributed by atoms with van der Waals surface area (Å²) < 4.78 is 34.2. The molecule has 5 rings (SSSR count). The van der Waals surface area contributed by atoms with E-state index in [1.165, 1.54) is 12.1 Å². The molecule has 32 heavy (non-hydrogen) atoms. The van der Waals surface area contributed by atoms with E-state index >= 15 is 0 Å². The lowest BCUT2D eigenvalue weighted by molar-refractivity contribution is -0.0739. The summed E-state index contributed by atoms with van der Waals surface area (Å²) in [6, 6.07) is 19.3. The van der Waals surface area contributed by atoms with Crippen LogP contribution in [0, 0.1) is 11.6 Å². The Kier molecular flexibility index (Phi) is 5.94. The van der Waals surface area contributed by atoms with Crippen molar-refractivity contribution in [1.82, 2.24) is 0 Å². The molecule has 5 heteroatoms. The molecule has 1 heterocycles. The van der Waals surface area contributed by atoms with Gasteiger partial charge < -0.3 is 14.7 Å². The standard InChI is InChI=1S/C27H27F2NO2/c28-21-11-13-23-19(15-21)9-10-20-16-22(29)12-14-24(20)30(23)25-7-4-8-26(27(25)31)32-17-18-5-2-1-3-6-18/h1-3,5-6,11-16,25-27,31H,4,7-10,17H2. The maximum atomic E-state index is 14.0. The van der Waals surface area contributed by atoms with Gasteiger partial charge in [-0.3, -0.25) is 0 Å². The highest BCUT2D eigenvalue weighted by atomic mass is 19.1. The molecular formula is C27H27F2NO2. The van der Waals surface area contributed by atoms with Crippen molar-refractivity contribution in [2.45, 2.75) is 57.0 Å². The fraction of sp³-hybridized carbons (Fsp3) is 0.333. The summed E-state index contributed by atoms with van der Waals surface area (Å²) in [4.78, 5) is 2.10. The Balaban J connectivity index is 1.48. The number of benzene rings is 3. The van der Waals surface area contributed by atoms with Crippen molar-refractivity contribution >= 4 is 11.4 Å². The maximum absolute atomic E-state index is 14.0. The van der Waals surface area contributed by atoms with Gasteiger partial charge in [0.25, 0.3) is 0 Å². The summed E-state index contributed by atoms with van der Waals surface area (Å²) in [5, 5.41) is 11.4. The van der Waals surface area contributed by atoms with Gasteiger partial charge in [-0.15, -0.1) is 0 Å². The second kappa shape index (κ2) is 9.00. The number of ether oxygens (including phenoxy) is 1. The Labute approximate surface area is 187 Å². The average molecular weight is 436 g/mol. The van der Waals surface area contributed by atoms with E-state index in [2.05, 4.69) is 4.90 Å². The first kappa shape index (κ1) is 21.1. The first-order valence-electron chi connectivity index (χ1n) is 11.3. The van der Waals surface area contributed by atoms with Gasteiger partial charge >= 0.3 is 0 Å². The number of aliphatic hydroxyl groups excluding tert-OH is 1. The number of anilines is 2. The molecule has 3 atom stereocenters. The molecule has 2 aliphatic rings. The van der Waals surface area contributed by atoms with Crippen LogP contribution in [0.4, 0.5) is 20.2 Å². The van der Waals surface area contributed by atoms with E-state index in [0.717, 1.165) is 47.3 Å². The third-order valence-electron chi connectivity index (χ3n) is 6.67. The van der Waals surface area contributed by atoms with Gasteiger partial charge in [0, 0.05) is 11.4 Å². The number of rotatable bonds is 4. The molecule has 0 spiro atoms. The van der Waals surface area contributed by atoms with E-state index in [0.29, 0.717) is 19.4 Å². The molecule has 0 aromatic heterocycles. The summed E-state index contributed by atoms with van der Waals surface area (Å²) in [6.45, 7) is 0.443. The molecule has 0 saturated heterocycles. The van der Waals surface area contributed by atoms with Gasteiger partial charge in [0.15, 0.2) is 0 Å². The summed E-state index contributed by atoms with van der Waals surface area (Å²) in [5.74, 6) is -0.566. The molecule has 0 amide bonds. The number of hydrogen-bond donors (Lipinski definition) is 1. The van der Waals surface area contributed by atoms with Crippen LogP contribution in [0.1, 0.15) is 36.0 Å². The van der Waals surface area contributed by atoms with Crippen molar-refractivity contribution in [2.75, 3.05) is 4.90 Å². The Morgan fingerprint density at radius 1 is 0.844 bits per heavy atom. The third-order valence-corrected chi connectivity index (χ3v) is 6.67. The minimum atomic E-state index is -0.721. The summed E-state index contributed by atoms with van der Waals surface area (Å²) in [7, 11) is 0. The highest BCUT2D eigenvalue weighted by Gasteiger charge is 2.39. The van der Waals surface area contributed by atoms with Crippen molar-refractivity contribution in [3.63, 3.8) is 0 Å².